The highest BCUT2D eigenvalue weighted by Crippen LogP contribution is 2.38. The van der Waals surface area contributed by atoms with Gasteiger partial charge in [0.25, 0.3) is 0 Å². The number of hydrogen-bond acceptors (Lipinski definition) is 9. The highest BCUT2D eigenvalue weighted by atomic mass is 32.1. The molecular weight excluding hydrogens is 457 g/mol. The number of para-hydroxylation sites is 2. The van der Waals surface area contributed by atoms with Gasteiger partial charge in [0, 0.05) is 12.5 Å². The van der Waals surface area contributed by atoms with Crippen LogP contribution in [0.25, 0.3) is 20.8 Å². The molecule has 4 unspecified atom stereocenters. The molecule has 1 aliphatic carbocycles. The van der Waals surface area contributed by atoms with Crippen LogP contribution in [0, 0.1) is 18.7 Å². The highest BCUT2D eigenvalue weighted by Gasteiger charge is 2.41. The average Bonchev–Trinajstić information content (AvgIpc) is 3.36. The summed E-state index contributed by atoms with van der Waals surface area (Å²) in [5, 5.41) is 37.2. The van der Waals surface area contributed by atoms with Gasteiger partial charge in [0.05, 0.1) is 39.3 Å². The number of halogens is 1. The van der Waals surface area contributed by atoms with Gasteiger partial charge in [-0.25, -0.2) is 14.4 Å². The van der Waals surface area contributed by atoms with Gasteiger partial charge < -0.3 is 26.0 Å². The van der Waals surface area contributed by atoms with E-state index in [1.54, 1.807) is 18.2 Å². The van der Waals surface area contributed by atoms with Crippen LogP contribution in [0.4, 0.5) is 21.8 Å². The lowest BCUT2D eigenvalue weighted by Crippen LogP contribution is -2.35. The molecule has 0 amide bonds. The van der Waals surface area contributed by atoms with Crippen molar-refractivity contribution < 1.29 is 19.7 Å². The number of hydrogen-bond donors (Lipinski definition) is 5. The van der Waals surface area contributed by atoms with Crippen molar-refractivity contribution in [2.24, 2.45) is 5.92 Å². The molecular formula is C24H24FN5O3S. The van der Waals surface area contributed by atoms with E-state index < -0.39 is 30.0 Å². The van der Waals surface area contributed by atoms with Gasteiger partial charge in [-0.3, -0.25) is 0 Å². The lowest BCUT2D eigenvalue weighted by Gasteiger charge is -2.21. The van der Waals surface area contributed by atoms with Crippen LogP contribution in [0.5, 0.6) is 0 Å². The van der Waals surface area contributed by atoms with Crippen LogP contribution in [0.2, 0.25) is 0 Å². The van der Waals surface area contributed by atoms with Gasteiger partial charge in [-0.2, -0.15) is 4.98 Å². The molecule has 5 rings (SSSR count). The number of aliphatic hydroxyl groups excluding tert-OH is 3. The van der Waals surface area contributed by atoms with Crippen molar-refractivity contribution in [1.82, 2.24) is 15.0 Å². The Morgan fingerprint density at radius 1 is 1.03 bits per heavy atom. The van der Waals surface area contributed by atoms with Crippen molar-refractivity contribution in [3.05, 3.63) is 60.0 Å². The van der Waals surface area contributed by atoms with Crippen LogP contribution in [0.3, 0.4) is 0 Å². The molecule has 8 nitrogen and oxygen atoms in total. The van der Waals surface area contributed by atoms with Crippen molar-refractivity contribution in [2.75, 3.05) is 17.2 Å². The number of thiazole rings is 1. The highest BCUT2D eigenvalue weighted by molar-refractivity contribution is 7.21. The second-order valence-electron chi connectivity index (χ2n) is 8.36. The van der Waals surface area contributed by atoms with E-state index in [9.17, 15) is 19.7 Å². The minimum Gasteiger partial charge on any atom is -0.396 e. The van der Waals surface area contributed by atoms with Crippen molar-refractivity contribution in [3.8, 4) is 10.6 Å². The summed E-state index contributed by atoms with van der Waals surface area (Å²) in [7, 11) is 0. The minimum absolute atomic E-state index is 0.182. The molecule has 10 heteroatoms. The van der Waals surface area contributed by atoms with E-state index in [4.69, 9.17) is 4.98 Å². The SMILES string of the molecule is Cc1nc(Nc2ccccc2F)nc(NC2CC(CO)C(O)C2O)c1-c1nc2ccccc2s1. The molecule has 0 spiro atoms. The topological polar surface area (TPSA) is 123 Å². The third-order valence-electron chi connectivity index (χ3n) is 6.08. The van der Waals surface area contributed by atoms with E-state index in [0.717, 1.165) is 10.2 Å². The summed E-state index contributed by atoms with van der Waals surface area (Å²) < 4.78 is 15.2. The Balaban J connectivity index is 1.58. The molecule has 0 aliphatic heterocycles. The Bertz CT molecular complexity index is 1300. The van der Waals surface area contributed by atoms with Crippen LogP contribution >= 0.6 is 11.3 Å². The number of aromatic nitrogens is 3. The number of fused-ring (bicyclic) bond motifs is 1. The van der Waals surface area contributed by atoms with Gasteiger partial charge in [0.15, 0.2) is 0 Å². The van der Waals surface area contributed by atoms with Crippen LogP contribution in [-0.4, -0.2) is 55.1 Å². The summed E-state index contributed by atoms with van der Waals surface area (Å²) in [6.45, 7) is 1.58. The maximum Gasteiger partial charge on any atom is 0.229 e. The average molecular weight is 482 g/mol. The molecule has 176 valence electrons. The maximum atomic E-state index is 14.2. The van der Waals surface area contributed by atoms with Crippen LogP contribution in [0.1, 0.15) is 12.1 Å². The number of benzene rings is 2. The Labute approximate surface area is 199 Å². The molecule has 1 aliphatic rings. The fourth-order valence-electron chi connectivity index (χ4n) is 4.28. The lowest BCUT2D eigenvalue weighted by molar-refractivity contribution is 0.00446. The third-order valence-corrected chi connectivity index (χ3v) is 7.13. The minimum atomic E-state index is -1.08. The van der Waals surface area contributed by atoms with E-state index in [2.05, 4.69) is 20.6 Å². The molecule has 2 aromatic heterocycles. The third kappa shape index (κ3) is 4.21. The predicted octanol–water partition coefficient (Wildman–Crippen LogP) is 3.46. The Morgan fingerprint density at radius 2 is 1.79 bits per heavy atom. The molecule has 0 radical (unpaired) electrons. The summed E-state index contributed by atoms with van der Waals surface area (Å²) in [5.74, 6) is -0.298. The van der Waals surface area contributed by atoms with E-state index in [1.807, 2.05) is 31.2 Å². The monoisotopic (exact) mass is 481 g/mol. The maximum absolute atomic E-state index is 14.2. The zero-order valence-electron chi connectivity index (χ0n) is 18.3. The van der Waals surface area contributed by atoms with Gasteiger partial charge in [-0.1, -0.05) is 24.3 Å². The number of nitrogens with zero attached hydrogens (tertiary/aromatic N) is 3. The summed E-state index contributed by atoms with van der Waals surface area (Å²) in [4.78, 5) is 13.9. The van der Waals surface area contributed by atoms with Gasteiger partial charge in [-0.15, -0.1) is 11.3 Å². The molecule has 2 heterocycles. The second kappa shape index (κ2) is 9.22. The van der Waals surface area contributed by atoms with Gasteiger partial charge >= 0.3 is 0 Å². The number of nitrogens with one attached hydrogen (secondary N) is 2. The first-order chi connectivity index (χ1) is 16.4. The summed E-state index contributed by atoms with van der Waals surface area (Å²) >= 11 is 1.49. The first-order valence-corrected chi connectivity index (χ1v) is 11.8. The summed E-state index contributed by atoms with van der Waals surface area (Å²) in [6.07, 6.45) is -1.77. The van der Waals surface area contributed by atoms with Crippen LogP contribution in [-0.2, 0) is 0 Å². The van der Waals surface area contributed by atoms with Crippen molar-refractivity contribution in [1.29, 1.82) is 0 Å². The molecule has 0 saturated heterocycles. The number of rotatable bonds is 6. The number of aryl methyl sites for hydroxylation is 1. The van der Waals surface area contributed by atoms with Gasteiger partial charge in [0.1, 0.15) is 22.7 Å². The van der Waals surface area contributed by atoms with Gasteiger partial charge in [-0.05, 0) is 37.6 Å². The smallest absolute Gasteiger partial charge is 0.229 e. The largest absolute Gasteiger partial charge is 0.396 e. The fourth-order valence-corrected chi connectivity index (χ4v) is 5.34. The predicted molar refractivity (Wildman–Crippen MR) is 130 cm³/mol. The van der Waals surface area contributed by atoms with E-state index >= 15 is 0 Å². The van der Waals surface area contributed by atoms with E-state index in [-0.39, 0.29) is 18.2 Å². The molecule has 1 saturated carbocycles. The number of anilines is 3. The van der Waals surface area contributed by atoms with Gasteiger partial charge in [0.2, 0.25) is 5.95 Å². The molecule has 1 fully saturated rings. The molecule has 34 heavy (non-hydrogen) atoms. The fraction of sp³-hybridized carbons (Fsp3) is 0.292. The second-order valence-corrected chi connectivity index (χ2v) is 9.39. The molecule has 0 bridgehead atoms. The first kappa shape index (κ1) is 22.6. The summed E-state index contributed by atoms with van der Waals surface area (Å²) in [5.41, 5.74) is 2.35. The van der Waals surface area contributed by atoms with Crippen molar-refractivity contribution in [3.63, 3.8) is 0 Å². The quantitative estimate of drug-likeness (QED) is 0.284. The zero-order valence-corrected chi connectivity index (χ0v) is 19.1. The standard InChI is InChI=1S/C24H24FN5O3S/c1-12-19(23-28-16-8-4-5-9-18(16)34-23)22(27-17-10-13(11-31)20(32)21(17)33)30-24(26-12)29-15-7-3-2-6-14(15)25/h2-9,13,17,20-21,31-33H,10-11H2,1H3,(H2,26,27,29,30). The van der Waals surface area contributed by atoms with E-state index in [1.165, 1.54) is 17.4 Å². The Kier molecular flexibility index (Phi) is 6.13. The number of aliphatic hydroxyl groups is 3. The Hall–Kier alpha value is -3.18. The van der Waals surface area contributed by atoms with Crippen LogP contribution in [0.15, 0.2) is 48.5 Å². The Morgan fingerprint density at radius 3 is 2.53 bits per heavy atom. The summed E-state index contributed by atoms with van der Waals surface area (Å²) in [6, 6.07) is 13.5. The lowest BCUT2D eigenvalue weighted by atomic mass is 10.1. The molecule has 2 aromatic carbocycles. The van der Waals surface area contributed by atoms with Crippen LogP contribution < -0.4 is 10.6 Å². The first-order valence-electron chi connectivity index (χ1n) is 10.9. The molecule has 5 N–H and O–H groups in total. The normalized spacial score (nSPS) is 22.3. The van der Waals surface area contributed by atoms with E-state index in [0.29, 0.717) is 28.5 Å². The zero-order chi connectivity index (χ0) is 23.8. The molecule has 4 aromatic rings. The van der Waals surface area contributed by atoms with Crippen molar-refractivity contribution in [2.45, 2.75) is 31.6 Å². The molecule has 4 atom stereocenters. The van der Waals surface area contributed by atoms with Crippen molar-refractivity contribution >= 4 is 39.0 Å².